The summed E-state index contributed by atoms with van der Waals surface area (Å²) in [4.78, 5) is 10.8. The Bertz CT molecular complexity index is 456. The fraction of sp³-hybridized carbons (Fsp3) is 0.417. The standard InChI is InChI=1S/C12H12F5NO/c1-8-3-2-4-9(7-8)5-6-18-10(19)11(13,14)12(15,16)17/h2-4,7H,5-6H2,1H3,(H,18,19). The molecule has 0 spiro atoms. The predicted octanol–water partition coefficient (Wildman–Crippen LogP) is 2.85. The largest absolute Gasteiger partial charge is 0.463 e. The maximum atomic E-state index is 12.6. The molecular formula is C12H12F5NO. The molecule has 0 bridgehead atoms. The summed E-state index contributed by atoms with van der Waals surface area (Å²) in [5.74, 6) is -7.69. The van der Waals surface area contributed by atoms with Gasteiger partial charge in [-0.15, -0.1) is 0 Å². The molecule has 0 saturated carbocycles. The van der Waals surface area contributed by atoms with Gasteiger partial charge in [0.05, 0.1) is 0 Å². The Balaban J connectivity index is 2.52. The lowest BCUT2D eigenvalue weighted by Gasteiger charge is -2.18. The molecule has 106 valence electrons. The second kappa shape index (κ2) is 5.54. The third-order valence-electron chi connectivity index (χ3n) is 2.42. The molecule has 0 unspecified atom stereocenters. The van der Waals surface area contributed by atoms with E-state index < -0.39 is 18.0 Å². The third-order valence-corrected chi connectivity index (χ3v) is 2.42. The van der Waals surface area contributed by atoms with Crippen LogP contribution in [-0.2, 0) is 11.2 Å². The summed E-state index contributed by atoms with van der Waals surface area (Å²) in [7, 11) is 0. The van der Waals surface area contributed by atoms with Crippen LogP contribution in [0.5, 0.6) is 0 Å². The van der Waals surface area contributed by atoms with Crippen LogP contribution in [0, 0.1) is 6.92 Å². The summed E-state index contributed by atoms with van der Waals surface area (Å²) < 4.78 is 60.8. The van der Waals surface area contributed by atoms with Crippen LogP contribution >= 0.6 is 0 Å². The van der Waals surface area contributed by atoms with Gasteiger partial charge in [0, 0.05) is 6.54 Å². The fourth-order valence-electron chi connectivity index (χ4n) is 1.43. The molecule has 0 radical (unpaired) electrons. The van der Waals surface area contributed by atoms with Crippen molar-refractivity contribution in [1.29, 1.82) is 0 Å². The van der Waals surface area contributed by atoms with Gasteiger partial charge in [-0.2, -0.15) is 22.0 Å². The Morgan fingerprint density at radius 2 is 1.84 bits per heavy atom. The van der Waals surface area contributed by atoms with E-state index in [0.717, 1.165) is 11.1 Å². The third kappa shape index (κ3) is 3.90. The van der Waals surface area contributed by atoms with Gasteiger partial charge in [-0.25, -0.2) is 0 Å². The Labute approximate surface area is 106 Å². The van der Waals surface area contributed by atoms with Gasteiger partial charge >= 0.3 is 12.1 Å². The molecule has 0 heterocycles. The molecule has 0 aliphatic carbocycles. The van der Waals surface area contributed by atoms with E-state index in [4.69, 9.17) is 0 Å². The molecule has 2 nitrogen and oxygen atoms in total. The predicted molar refractivity (Wildman–Crippen MR) is 58.9 cm³/mol. The van der Waals surface area contributed by atoms with E-state index in [2.05, 4.69) is 0 Å². The molecule has 0 aromatic heterocycles. The van der Waals surface area contributed by atoms with E-state index in [9.17, 15) is 26.7 Å². The SMILES string of the molecule is Cc1cccc(CCNC(=O)C(F)(F)C(F)(F)F)c1. The Morgan fingerprint density at radius 1 is 1.21 bits per heavy atom. The Kier molecular flexibility index (Phi) is 4.49. The van der Waals surface area contributed by atoms with Crippen molar-refractivity contribution in [2.45, 2.75) is 25.4 Å². The molecule has 1 aromatic carbocycles. The molecule has 1 aromatic rings. The van der Waals surface area contributed by atoms with E-state index in [0.29, 0.717) is 0 Å². The van der Waals surface area contributed by atoms with E-state index in [-0.39, 0.29) is 13.0 Å². The second-order valence-electron chi connectivity index (χ2n) is 4.07. The van der Waals surface area contributed by atoms with Crippen LogP contribution in [0.25, 0.3) is 0 Å². The van der Waals surface area contributed by atoms with Gasteiger partial charge in [0.1, 0.15) is 0 Å². The molecule has 1 rings (SSSR count). The number of nitrogens with one attached hydrogen (secondary N) is 1. The molecule has 1 amide bonds. The second-order valence-corrected chi connectivity index (χ2v) is 4.07. The maximum absolute atomic E-state index is 12.6. The number of halogens is 5. The summed E-state index contributed by atoms with van der Waals surface area (Å²) in [6, 6.07) is 7.01. The highest BCUT2D eigenvalue weighted by atomic mass is 19.4. The van der Waals surface area contributed by atoms with Crippen LogP contribution < -0.4 is 5.32 Å². The minimum atomic E-state index is -5.87. The molecule has 7 heteroatoms. The van der Waals surface area contributed by atoms with Crippen molar-refractivity contribution >= 4 is 5.91 Å². The van der Waals surface area contributed by atoms with Crippen LogP contribution in [0.15, 0.2) is 24.3 Å². The number of aryl methyl sites for hydroxylation is 1. The van der Waals surface area contributed by atoms with Crippen LogP contribution in [0.2, 0.25) is 0 Å². The molecule has 19 heavy (non-hydrogen) atoms. The van der Waals surface area contributed by atoms with Crippen molar-refractivity contribution in [2.24, 2.45) is 0 Å². The topological polar surface area (TPSA) is 29.1 Å². The summed E-state index contributed by atoms with van der Waals surface area (Å²) in [6.07, 6.45) is -5.69. The normalized spacial score (nSPS) is 12.3. The van der Waals surface area contributed by atoms with Crippen LogP contribution in [0.4, 0.5) is 22.0 Å². The lowest BCUT2D eigenvalue weighted by Crippen LogP contribution is -2.50. The van der Waals surface area contributed by atoms with Gasteiger partial charge in [-0.3, -0.25) is 4.79 Å². The molecule has 0 aliphatic rings. The quantitative estimate of drug-likeness (QED) is 0.845. The van der Waals surface area contributed by atoms with Gasteiger partial charge < -0.3 is 5.32 Å². The number of hydrogen-bond acceptors (Lipinski definition) is 1. The van der Waals surface area contributed by atoms with E-state index in [1.165, 1.54) is 0 Å². The van der Waals surface area contributed by atoms with E-state index in [1.807, 2.05) is 13.0 Å². The first-order valence-electron chi connectivity index (χ1n) is 5.43. The number of rotatable bonds is 4. The van der Waals surface area contributed by atoms with Gasteiger partial charge in [-0.1, -0.05) is 29.8 Å². The highest BCUT2D eigenvalue weighted by Crippen LogP contribution is 2.35. The van der Waals surface area contributed by atoms with Crippen molar-refractivity contribution in [3.8, 4) is 0 Å². The van der Waals surface area contributed by atoms with Crippen molar-refractivity contribution in [3.63, 3.8) is 0 Å². The van der Waals surface area contributed by atoms with Gasteiger partial charge in [-0.05, 0) is 18.9 Å². The van der Waals surface area contributed by atoms with Crippen molar-refractivity contribution in [2.75, 3.05) is 6.54 Å². The number of alkyl halides is 5. The lowest BCUT2D eigenvalue weighted by molar-refractivity contribution is -0.269. The Morgan fingerprint density at radius 3 is 2.37 bits per heavy atom. The zero-order valence-corrected chi connectivity index (χ0v) is 10.0. The fourth-order valence-corrected chi connectivity index (χ4v) is 1.43. The summed E-state index contributed by atoms with van der Waals surface area (Å²) >= 11 is 0. The lowest BCUT2D eigenvalue weighted by atomic mass is 10.1. The molecule has 0 atom stereocenters. The van der Waals surface area contributed by atoms with Crippen LogP contribution in [-0.4, -0.2) is 24.6 Å². The van der Waals surface area contributed by atoms with Crippen molar-refractivity contribution in [1.82, 2.24) is 5.32 Å². The minimum Gasteiger partial charge on any atom is -0.350 e. The van der Waals surface area contributed by atoms with Gasteiger partial charge in [0.15, 0.2) is 0 Å². The molecule has 0 fully saturated rings. The number of carbonyl (C=O) groups is 1. The number of amides is 1. The summed E-state index contributed by atoms with van der Waals surface area (Å²) in [5.41, 5.74) is 1.68. The zero-order chi connectivity index (χ0) is 14.7. The first-order chi connectivity index (χ1) is 8.64. The average Bonchev–Trinajstić information content (AvgIpc) is 2.27. The first kappa shape index (κ1) is 15.4. The van der Waals surface area contributed by atoms with Crippen LogP contribution in [0.3, 0.4) is 0 Å². The average molecular weight is 281 g/mol. The summed E-state index contributed by atoms with van der Waals surface area (Å²) in [5, 5.41) is 1.59. The zero-order valence-electron chi connectivity index (χ0n) is 10.0. The molecule has 0 saturated heterocycles. The van der Waals surface area contributed by atoms with Gasteiger partial charge in [0.25, 0.3) is 5.91 Å². The smallest absolute Gasteiger partial charge is 0.350 e. The molecule has 0 aliphatic heterocycles. The molecule has 1 N–H and O–H groups in total. The van der Waals surface area contributed by atoms with Crippen molar-refractivity contribution < 1.29 is 26.7 Å². The number of benzene rings is 1. The van der Waals surface area contributed by atoms with E-state index >= 15 is 0 Å². The number of carbonyl (C=O) groups excluding carboxylic acids is 1. The Hall–Kier alpha value is -1.66. The van der Waals surface area contributed by atoms with Crippen LogP contribution in [0.1, 0.15) is 11.1 Å². The highest BCUT2D eigenvalue weighted by molar-refractivity contribution is 5.84. The number of hydrogen-bond donors (Lipinski definition) is 1. The first-order valence-corrected chi connectivity index (χ1v) is 5.43. The highest BCUT2D eigenvalue weighted by Gasteiger charge is 2.63. The maximum Gasteiger partial charge on any atom is 0.463 e. The van der Waals surface area contributed by atoms with E-state index in [1.54, 1.807) is 23.5 Å². The molecular weight excluding hydrogens is 269 g/mol. The van der Waals surface area contributed by atoms with Crippen molar-refractivity contribution in [3.05, 3.63) is 35.4 Å². The summed E-state index contributed by atoms with van der Waals surface area (Å²) in [6.45, 7) is 1.54. The minimum absolute atomic E-state index is 0.182. The van der Waals surface area contributed by atoms with Gasteiger partial charge in [0.2, 0.25) is 0 Å². The monoisotopic (exact) mass is 281 g/mol.